The molecule has 0 radical (unpaired) electrons. The van der Waals surface area contributed by atoms with E-state index >= 15 is 0 Å². The first-order valence-corrected chi connectivity index (χ1v) is 11.6. The lowest BCUT2D eigenvalue weighted by atomic mass is 10.1. The Kier molecular flexibility index (Phi) is 4.42. The van der Waals surface area contributed by atoms with Gasteiger partial charge in [-0.15, -0.1) is 0 Å². The Hall–Kier alpha value is -3.50. The molecule has 31 heavy (non-hydrogen) atoms. The summed E-state index contributed by atoms with van der Waals surface area (Å²) in [5.74, 6) is -0.954. The summed E-state index contributed by atoms with van der Waals surface area (Å²) in [6, 6.07) is 16.1. The number of benzene rings is 2. The topological polar surface area (TPSA) is 114 Å². The molecule has 0 atom stereocenters. The van der Waals surface area contributed by atoms with Gasteiger partial charge in [0.1, 0.15) is 5.69 Å². The van der Waals surface area contributed by atoms with Crippen molar-refractivity contribution in [1.82, 2.24) is 14.8 Å². The summed E-state index contributed by atoms with van der Waals surface area (Å²) in [5, 5.41) is 14.4. The monoisotopic (exact) mass is 452 g/mol. The minimum Gasteiger partial charge on any atom is -0.481 e. The van der Waals surface area contributed by atoms with E-state index in [1.807, 2.05) is 30.3 Å². The standard InChI is InChI=1S/C21H16N4O4S2/c1-12-18-20(14-9-5-6-10-16(14)31(28,29)24-18)25(23-12)21-22-19(13-7-3-2-4-8-13)15(30-21)11-17(26)27/h2-10,24H,11H2,1H3,(H,26,27). The molecule has 8 nitrogen and oxygen atoms in total. The molecular weight excluding hydrogens is 436 g/mol. The highest BCUT2D eigenvalue weighted by atomic mass is 32.2. The lowest BCUT2D eigenvalue weighted by Crippen LogP contribution is -2.19. The number of hydrogen-bond acceptors (Lipinski definition) is 6. The number of nitrogens with one attached hydrogen (secondary N) is 1. The van der Waals surface area contributed by atoms with Gasteiger partial charge in [0.2, 0.25) is 5.13 Å². The number of thiazole rings is 1. The molecule has 0 saturated heterocycles. The van der Waals surface area contributed by atoms with Crippen molar-refractivity contribution in [1.29, 1.82) is 0 Å². The number of carbonyl (C=O) groups is 1. The van der Waals surface area contributed by atoms with Crippen molar-refractivity contribution in [2.75, 3.05) is 4.72 Å². The largest absolute Gasteiger partial charge is 0.481 e. The number of carboxylic acids is 1. The van der Waals surface area contributed by atoms with Gasteiger partial charge in [-0.05, 0) is 13.0 Å². The van der Waals surface area contributed by atoms with Crippen molar-refractivity contribution in [2.24, 2.45) is 0 Å². The number of aryl methyl sites for hydroxylation is 1. The maximum absolute atomic E-state index is 12.7. The smallest absolute Gasteiger partial charge is 0.308 e. The summed E-state index contributed by atoms with van der Waals surface area (Å²) < 4.78 is 29.5. The first-order chi connectivity index (χ1) is 14.8. The quantitative estimate of drug-likeness (QED) is 0.488. The lowest BCUT2D eigenvalue weighted by Gasteiger charge is -2.19. The van der Waals surface area contributed by atoms with Crippen LogP contribution in [0.1, 0.15) is 10.6 Å². The number of anilines is 1. The second kappa shape index (κ2) is 7.03. The van der Waals surface area contributed by atoms with E-state index in [-0.39, 0.29) is 11.3 Å². The first-order valence-electron chi connectivity index (χ1n) is 9.34. The molecule has 2 aromatic carbocycles. The second-order valence-electron chi connectivity index (χ2n) is 7.03. The molecule has 1 aliphatic heterocycles. The molecule has 0 amide bonds. The van der Waals surface area contributed by atoms with Crippen LogP contribution in [0.25, 0.3) is 27.6 Å². The van der Waals surface area contributed by atoms with Gasteiger partial charge in [-0.2, -0.15) is 5.10 Å². The Labute approximate surface area is 181 Å². The van der Waals surface area contributed by atoms with Crippen LogP contribution in [0, 0.1) is 6.92 Å². The van der Waals surface area contributed by atoms with E-state index in [0.29, 0.717) is 38.3 Å². The average Bonchev–Trinajstić information content (AvgIpc) is 3.29. The average molecular weight is 453 g/mol. The van der Waals surface area contributed by atoms with Gasteiger partial charge in [0.15, 0.2) is 0 Å². The Bertz CT molecular complexity index is 1440. The minimum absolute atomic E-state index is 0.161. The third kappa shape index (κ3) is 3.20. The van der Waals surface area contributed by atoms with E-state index in [1.165, 1.54) is 11.3 Å². The van der Waals surface area contributed by atoms with Gasteiger partial charge in [-0.3, -0.25) is 9.52 Å². The van der Waals surface area contributed by atoms with Gasteiger partial charge in [-0.1, -0.05) is 59.9 Å². The fourth-order valence-corrected chi connectivity index (χ4v) is 6.00. The van der Waals surface area contributed by atoms with E-state index in [0.717, 1.165) is 5.56 Å². The molecule has 2 N–H and O–H groups in total. The molecule has 0 unspecified atom stereocenters. The Morgan fingerprint density at radius 2 is 1.84 bits per heavy atom. The number of sulfonamides is 1. The molecule has 10 heteroatoms. The minimum atomic E-state index is -3.71. The van der Waals surface area contributed by atoms with E-state index in [1.54, 1.807) is 35.9 Å². The number of nitrogens with zero attached hydrogens (tertiary/aromatic N) is 3. The van der Waals surface area contributed by atoms with Crippen LogP contribution in [0.2, 0.25) is 0 Å². The Balaban J connectivity index is 1.74. The van der Waals surface area contributed by atoms with Crippen LogP contribution in [0.4, 0.5) is 5.69 Å². The number of aromatic nitrogens is 3. The molecule has 0 bridgehead atoms. The lowest BCUT2D eigenvalue weighted by molar-refractivity contribution is -0.136. The van der Waals surface area contributed by atoms with Crippen molar-refractivity contribution >= 4 is 33.0 Å². The van der Waals surface area contributed by atoms with Crippen LogP contribution >= 0.6 is 11.3 Å². The van der Waals surface area contributed by atoms with E-state index < -0.39 is 16.0 Å². The third-order valence-electron chi connectivity index (χ3n) is 4.95. The highest BCUT2D eigenvalue weighted by Crippen LogP contribution is 2.43. The van der Waals surface area contributed by atoms with Crippen LogP contribution in [0.3, 0.4) is 0 Å². The molecule has 1 aliphatic rings. The zero-order valence-corrected chi connectivity index (χ0v) is 17.9. The molecule has 3 heterocycles. The van der Waals surface area contributed by atoms with Gasteiger partial charge in [-0.25, -0.2) is 18.1 Å². The molecule has 156 valence electrons. The van der Waals surface area contributed by atoms with Gasteiger partial charge in [0.25, 0.3) is 10.0 Å². The third-order valence-corrected chi connectivity index (χ3v) is 7.39. The number of hydrogen-bond donors (Lipinski definition) is 2. The zero-order chi connectivity index (χ0) is 21.8. The molecule has 5 rings (SSSR count). The predicted octanol–water partition coefficient (Wildman–Crippen LogP) is 3.71. The Morgan fingerprint density at radius 1 is 1.13 bits per heavy atom. The van der Waals surface area contributed by atoms with Crippen LogP contribution in [-0.4, -0.2) is 34.3 Å². The van der Waals surface area contributed by atoms with Crippen molar-refractivity contribution in [2.45, 2.75) is 18.2 Å². The Morgan fingerprint density at radius 3 is 2.58 bits per heavy atom. The summed E-state index contributed by atoms with van der Waals surface area (Å²) in [4.78, 5) is 16.9. The fraction of sp³-hybridized carbons (Fsp3) is 0.0952. The summed E-state index contributed by atoms with van der Waals surface area (Å²) in [5.41, 5.74) is 3.39. The maximum atomic E-state index is 12.7. The van der Waals surface area contributed by atoms with Crippen LogP contribution in [0.5, 0.6) is 0 Å². The molecule has 2 aromatic heterocycles. The molecule has 0 fully saturated rings. The van der Waals surface area contributed by atoms with Gasteiger partial charge in [0.05, 0.1) is 28.4 Å². The van der Waals surface area contributed by atoms with E-state index in [2.05, 4.69) is 9.82 Å². The maximum Gasteiger partial charge on any atom is 0.308 e. The number of carboxylic acid groups (broad SMARTS) is 1. The van der Waals surface area contributed by atoms with Gasteiger partial charge >= 0.3 is 5.97 Å². The van der Waals surface area contributed by atoms with Crippen molar-refractivity contribution < 1.29 is 18.3 Å². The molecule has 0 saturated carbocycles. The number of fused-ring (bicyclic) bond motifs is 3. The predicted molar refractivity (Wildman–Crippen MR) is 117 cm³/mol. The fourth-order valence-electron chi connectivity index (χ4n) is 3.63. The summed E-state index contributed by atoms with van der Waals surface area (Å²) in [6.45, 7) is 1.72. The summed E-state index contributed by atoms with van der Waals surface area (Å²) in [6.07, 6.45) is -0.173. The second-order valence-corrected chi connectivity index (χ2v) is 9.74. The van der Waals surface area contributed by atoms with Crippen molar-refractivity contribution in [3.8, 4) is 27.6 Å². The molecular formula is C21H16N4O4S2. The first kappa shape index (κ1) is 19.5. The van der Waals surface area contributed by atoms with E-state index in [4.69, 9.17) is 4.98 Å². The van der Waals surface area contributed by atoms with Gasteiger partial charge < -0.3 is 5.11 Å². The summed E-state index contributed by atoms with van der Waals surface area (Å²) in [7, 11) is -3.71. The highest BCUT2D eigenvalue weighted by Gasteiger charge is 2.33. The molecule has 0 aliphatic carbocycles. The number of rotatable bonds is 4. The highest BCUT2D eigenvalue weighted by molar-refractivity contribution is 7.93. The normalized spacial score (nSPS) is 13.8. The van der Waals surface area contributed by atoms with Crippen molar-refractivity contribution in [3.63, 3.8) is 0 Å². The number of aliphatic carboxylic acids is 1. The van der Waals surface area contributed by atoms with Crippen molar-refractivity contribution in [3.05, 3.63) is 65.2 Å². The molecule has 0 spiro atoms. The SMILES string of the molecule is Cc1nn(-c2nc(-c3ccccc3)c(CC(=O)O)s2)c2c1NS(=O)(=O)c1ccccc1-2. The molecule has 4 aromatic rings. The van der Waals surface area contributed by atoms with Crippen LogP contribution in [-0.2, 0) is 21.2 Å². The van der Waals surface area contributed by atoms with Crippen LogP contribution in [0.15, 0.2) is 59.5 Å². The van der Waals surface area contributed by atoms with Gasteiger partial charge in [0, 0.05) is 16.0 Å². The summed E-state index contributed by atoms with van der Waals surface area (Å²) >= 11 is 1.23. The van der Waals surface area contributed by atoms with E-state index in [9.17, 15) is 18.3 Å². The van der Waals surface area contributed by atoms with Crippen LogP contribution < -0.4 is 4.72 Å². The zero-order valence-electron chi connectivity index (χ0n) is 16.2.